The molecule has 1 aliphatic rings. The van der Waals surface area contributed by atoms with E-state index in [1.54, 1.807) is 0 Å². The first-order valence-electron chi connectivity index (χ1n) is 5.47. The van der Waals surface area contributed by atoms with Crippen LogP contribution in [0.2, 0.25) is 8.67 Å². The highest BCUT2D eigenvalue weighted by Crippen LogP contribution is 2.35. The molecule has 0 radical (unpaired) electrons. The summed E-state index contributed by atoms with van der Waals surface area (Å²) in [5.41, 5.74) is 0. The van der Waals surface area contributed by atoms with Crippen LogP contribution in [0.25, 0.3) is 0 Å². The van der Waals surface area contributed by atoms with E-state index in [1.807, 2.05) is 0 Å². The Balaban J connectivity index is 2.02. The molecule has 2 unspecified atom stereocenters. The number of thiophene rings is 1. The third kappa shape index (κ3) is 3.61. The predicted molar refractivity (Wildman–Crippen MR) is 79.6 cm³/mol. The van der Waals surface area contributed by atoms with Gasteiger partial charge in [0.1, 0.15) is 9.23 Å². The van der Waals surface area contributed by atoms with E-state index < -0.39 is 10.0 Å². The van der Waals surface area contributed by atoms with Crippen molar-refractivity contribution in [2.75, 3.05) is 6.54 Å². The van der Waals surface area contributed by atoms with Crippen LogP contribution >= 0.6 is 50.5 Å². The fourth-order valence-corrected chi connectivity index (χ4v) is 6.07. The summed E-state index contributed by atoms with van der Waals surface area (Å²) in [6.07, 6.45) is 3.13. The second-order valence-electron chi connectivity index (χ2n) is 4.32. The molecule has 1 fully saturated rings. The van der Waals surface area contributed by atoms with E-state index in [9.17, 15) is 8.42 Å². The Kier molecular flexibility index (Phi) is 5.00. The summed E-state index contributed by atoms with van der Waals surface area (Å²) in [6, 6.07) is 1.39. The van der Waals surface area contributed by atoms with Crippen molar-refractivity contribution in [1.82, 2.24) is 4.72 Å². The second-order valence-corrected chi connectivity index (χ2v) is 9.63. The molecule has 0 bridgehead atoms. The highest BCUT2D eigenvalue weighted by molar-refractivity contribution is 9.09. The number of hydrogen-bond acceptors (Lipinski definition) is 3. The largest absolute Gasteiger partial charge is 0.242 e. The van der Waals surface area contributed by atoms with E-state index in [-0.39, 0.29) is 9.23 Å². The van der Waals surface area contributed by atoms with E-state index in [2.05, 4.69) is 20.7 Å². The Bertz CT molecular complexity index is 532. The van der Waals surface area contributed by atoms with Gasteiger partial charge >= 0.3 is 0 Å². The van der Waals surface area contributed by atoms with Crippen LogP contribution in [-0.4, -0.2) is 19.8 Å². The molecule has 1 saturated carbocycles. The van der Waals surface area contributed by atoms with Gasteiger partial charge in [-0.05, 0) is 31.2 Å². The van der Waals surface area contributed by atoms with Crippen LogP contribution in [0, 0.1) is 5.92 Å². The maximum absolute atomic E-state index is 12.0. The van der Waals surface area contributed by atoms with Gasteiger partial charge in [0.2, 0.25) is 10.0 Å². The predicted octanol–water partition coefficient (Wildman–Crippen LogP) is 3.90. The molecule has 8 heteroatoms. The molecule has 102 valence electrons. The summed E-state index contributed by atoms with van der Waals surface area (Å²) >= 11 is 16.2. The van der Waals surface area contributed by atoms with E-state index in [1.165, 1.54) is 6.07 Å². The van der Waals surface area contributed by atoms with Crippen molar-refractivity contribution in [3.63, 3.8) is 0 Å². The molecule has 18 heavy (non-hydrogen) atoms. The molecular weight excluding hydrogens is 381 g/mol. The molecule has 2 atom stereocenters. The van der Waals surface area contributed by atoms with Crippen LogP contribution in [-0.2, 0) is 10.0 Å². The molecule has 3 nitrogen and oxygen atoms in total. The van der Waals surface area contributed by atoms with E-state index in [4.69, 9.17) is 23.2 Å². The summed E-state index contributed by atoms with van der Waals surface area (Å²) in [7, 11) is -3.55. The standard InChI is InChI=1S/C10H12BrCl2NO2S2/c11-7-2-1-6(3-7)5-14-18(15,16)8-4-9(12)17-10(8)13/h4,6-7,14H,1-3,5H2. The van der Waals surface area contributed by atoms with Crippen molar-refractivity contribution in [3.05, 3.63) is 14.7 Å². The Morgan fingerprint density at radius 3 is 2.67 bits per heavy atom. The normalized spacial score (nSPS) is 24.6. The average Bonchev–Trinajstić information content (AvgIpc) is 2.82. The molecule has 2 rings (SSSR count). The van der Waals surface area contributed by atoms with Gasteiger partial charge in [0.15, 0.2) is 0 Å². The molecule has 0 aromatic carbocycles. The lowest BCUT2D eigenvalue weighted by atomic mass is 10.1. The minimum Gasteiger partial charge on any atom is -0.211 e. The van der Waals surface area contributed by atoms with Gasteiger partial charge in [-0.1, -0.05) is 39.1 Å². The van der Waals surface area contributed by atoms with Crippen LogP contribution in [0.5, 0.6) is 0 Å². The third-order valence-corrected chi connectivity index (χ3v) is 6.96. The summed E-state index contributed by atoms with van der Waals surface area (Å²) in [5.74, 6) is 0.386. The van der Waals surface area contributed by atoms with Crippen molar-refractivity contribution in [2.24, 2.45) is 5.92 Å². The number of sulfonamides is 1. The first-order chi connectivity index (χ1) is 8.38. The summed E-state index contributed by atoms with van der Waals surface area (Å²) in [5, 5.41) is 0. The Morgan fingerprint density at radius 2 is 2.17 bits per heavy atom. The fraction of sp³-hybridized carbons (Fsp3) is 0.600. The van der Waals surface area contributed by atoms with Crippen molar-refractivity contribution >= 4 is 60.5 Å². The van der Waals surface area contributed by atoms with Crippen molar-refractivity contribution < 1.29 is 8.42 Å². The Labute approximate surface area is 129 Å². The lowest BCUT2D eigenvalue weighted by Gasteiger charge is -2.10. The molecule has 0 amide bonds. The molecule has 0 spiro atoms. The van der Waals surface area contributed by atoms with Crippen molar-refractivity contribution in [1.29, 1.82) is 0 Å². The van der Waals surface area contributed by atoms with Crippen LogP contribution in [0.4, 0.5) is 0 Å². The number of nitrogens with one attached hydrogen (secondary N) is 1. The SMILES string of the molecule is O=S(=O)(NCC1CCC(Br)C1)c1cc(Cl)sc1Cl. The van der Waals surface area contributed by atoms with Crippen molar-refractivity contribution in [2.45, 2.75) is 29.0 Å². The zero-order chi connectivity index (χ0) is 13.3. The van der Waals surface area contributed by atoms with Crippen molar-refractivity contribution in [3.8, 4) is 0 Å². The van der Waals surface area contributed by atoms with Gasteiger partial charge in [-0.25, -0.2) is 13.1 Å². The van der Waals surface area contributed by atoms with E-state index in [0.29, 0.717) is 21.6 Å². The molecule has 1 aliphatic carbocycles. The highest BCUT2D eigenvalue weighted by atomic mass is 79.9. The minimum absolute atomic E-state index is 0.0764. The van der Waals surface area contributed by atoms with Crippen LogP contribution in [0.3, 0.4) is 0 Å². The minimum atomic E-state index is -3.55. The third-order valence-electron chi connectivity index (χ3n) is 2.95. The van der Waals surface area contributed by atoms with Crippen LogP contribution in [0.1, 0.15) is 19.3 Å². The molecular formula is C10H12BrCl2NO2S2. The van der Waals surface area contributed by atoms with Gasteiger partial charge in [0.05, 0.1) is 4.34 Å². The maximum atomic E-state index is 12.0. The lowest BCUT2D eigenvalue weighted by molar-refractivity contribution is 0.521. The molecule has 1 aromatic rings. The first-order valence-corrected chi connectivity index (χ1v) is 9.44. The quantitative estimate of drug-likeness (QED) is 0.789. The first kappa shape index (κ1) is 15.1. The molecule has 1 aromatic heterocycles. The fourth-order valence-electron chi connectivity index (χ4n) is 2.01. The van der Waals surface area contributed by atoms with Gasteiger partial charge in [0.25, 0.3) is 0 Å². The summed E-state index contributed by atoms with van der Waals surface area (Å²) < 4.78 is 27.3. The van der Waals surface area contributed by atoms with Gasteiger partial charge in [-0.2, -0.15) is 0 Å². The smallest absolute Gasteiger partial charge is 0.211 e. The van der Waals surface area contributed by atoms with Gasteiger partial charge in [-0.3, -0.25) is 0 Å². The summed E-state index contributed by atoms with van der Waals surface area (Å²) in [4.78, 5) is 0.582. The number of halogens is 3. The zero-order valence-electron chi connectivity index (χ0n) is 9.33. The second kappa shape index (κ2) is 5.97. The van der Waals surface area contributed by atoms with E-state index >= 15 is 0 Å². The molecule has 1 heterocycles. The monoisotopic (exact) mass is 391 g/mol. The Hall–Kier alpha value is 0.670. The van der Waals surface area contributed by atoms with Gasteiger partial charge < -0.3 is 0 Å². The number of rotatable bonds is 4. The topological polar surface area (TPSA) is 46.2 Å². The molecule has 1 N–H and O–H groups in total. The Morgan fingerprint density at radius 1 is 1.44 bits per heavy atom. The van der Waals surface area contributed by atoms with Crippen LogP contribution < -0.4 is 4.72 Å². The van der Waals surface area contributed by atoms with E-state index in [0.717, 1.165) is 30.6 Å². The van der Waals surface area contributed by atoms with Gasteiger partial charge in [-0.15, -0.1) is 11.3 Å². The number of alkyl halides is 1. The maximum Gasteiger partial charge on any atom is 0.242 e. The van der Waals surface area contributed by atoms with Crippen LogP contribution in [0.15, 0.2) is 11.0 Å². The molecule has 0 aliphatic heterocycles. The number of hydrogen-bond donors (Lipinski definition) is 1. The highest BCUT2D eigenvalue weighted by Gasteiger charge is 2.26. The zero-order valence-corrected chi connectivity index (χ0v) is 14.1. The van der Waals surface area contributed by atoms with Gasteiger partial charge in [0, 0.05) is 11.4 Å². The average molecular weight is 393 g/mol. The summed E-state index contributed by atoms with van der Waals surface area (Å²) in [6.45, 7) is 0.453. The lowest BCUT2D eigenvalue weighted by Crippen LogP contribution is -2.28. The molecule has 0 saturated heterocycles.